The molecule has 1 fully saturated rings. The van der Waals surface area contributed by atoms with E-state index in [1.807, 2.05) is 0 Å². The molecule has 7 heteroatoms. The van der Waals surface area contributed by atoms with Crippen molar-refractivity contribution >= 4 is 31.7 Å². The second-order valence-electron chi connectivity index (χ2n) is 4.90. The molecule has 0 radical (unpaired) electrons. The lowest BCUT2D eigenvalue weighted by Gasteiger charge is -2.13. The van der Waals surface area contributed by atoms with E-state index in [4.69, 9.17) is 9.84 Å². The van der Waals surface area contributed by atoms with Crippen LogP contribution >= 0.6 is 15.9 Å². The van der Waals surface area contributed by atoms with E-state index >= 15 is 0 Å². The van der Waals surface area contributed by atoms with E-state index < -0.39 is 15.8 Å². The lowest BCUT2D eigenvalue weighted by molar-refractivity contribution is 0.0696. The summed E-state index contributed by atoms with van der Waals surface area (Å²) in [6.45, 7) is 2.68. The van der Waals surface area contributed by atoms with Crippen LogP contribution in [0, 0.1) is 12.8 Å². The first-order chi connectivity index (χ1) is 9.31. The molecular weight excluding hydrogens is 348 g/mol. The van der Waals surface area contributed by atoms with Crippen LogP contribution < -0.4 is 0 Å². The van der Waals surface area contributed by atoms with Crippen LogP contribution in [0.4, 0.5) is 0 Å². The highest BCUT2D eigenvalue weighted by molar-refractivity contribution is 9.10. The highest BCUT2D eigenvalue weighted by Gasteiger charge is 2.27. The summed E-state index contributed by atoms with van der Waals surface area (Å²) in [6, 6.07) is 2.64. The minimum atomic E-state index is -3.53. The molecule has 1 N–H and O–H groups in total. The van der Waals surface area contributed by atoms with Gasteiger partial charge in [0.05, 0.1) is 22.8 Å². The first-order valence-corrected chi connectivity index (χ1v) is 8.59. The number of rotatable bonds is 4. The number of hydrogen-bond donors (Lipinski definition) is 1. The van der Waals surface area contributed by atoms with Crippen molar-refractivity contribution in [3.63, 3.8) is 0 Å². The SMILES string of the molecule is Cc1c(Br)cc(C(=O)O)cc1S(=O)(=O)CC1CCOC1. The third-order valence-corrected chi connectivity index (χ3v) is 6.19. The molecule has 110 valence electrons. The number of ether oxygens (including phenoxy) is 1. The maximum atomic E-state index is 12.5. The Morgan fingerprint density at radius 2 is 2.20 bits per heavy atom. The van der Waals surface area contributed by atoms with Crippen LogP contribution in [0.25, 0.3) is 0 Å². The molecule has 1 aromatic rings. The Bertz CT molecular complexity index is 632. The van der Waals surface area contributed by atoms with Crippen molar-refractivity contribution in [2.45, 2.75) is 18.2 Å². The summed E-state index contributed by atoms with van der Waals surface area (Å²) in [4.78, 5) is 11.1. The maximum Gasteiger partial charge on any atom is 0.335 e. The Labute approximate surface area is 126 Å². The zero-order valence-electron chi connectivity index (χ0n) is 10.9. The van der Waals surface area contributed by atoms with Gasteiger partial charge in [-0.3, -0.25) is 0 Å². The molecule has 20 heavy (non-hydrogen) atoms. The number of carboxylic acids is 1. The van der Waals surface area contributed by atoms with Gasteiger partial charge in [-0.15, -0.1) is 0 Å². The smallest absolute Gasteiger partial charge is 0.335 e. The van der Waals surface area contributed by atoms with E-state index in [1.54, 1.807) is 6.92 Å². The van der Waals surface area contributed by atoms with Gasteiger partial charge >= 0.3 is 5.97 Å². The Balaban J connectivity index is 2.41. The lowest BCUT2D eigenvalue weighted by Crippen LogP contribution is -2.18. The minimum Gasteiger partial charge on any atom is -0.478 e. The molecule has 0 spiro atoms. The second kappa shape index (κ2) is 5.83. The van der Waals surface area contributed by atoms with Crippen LogP contribution in [0.3, 0.4) is 0 Å². The summed E-state index contributed by atoms with van der Waals surface area (Å²) in [5.41, 5.74) is 0.498. The van der Waals surface area contributed by atoms with Crippen LogP contribution in [0.2, 0.25) is 0 Å². The number of aromatic carboxylic acids is 1. The van der Waals surface area contributed by atoms with Gasteiger partial charge < -0.3 is 9.84 Å². The van der Waals surface area contributed by atoms with Crippen LogP contribution in [0.15, 0.2) is 21.5 Å². The number of hydrogen-bond acceptors (Lipinski definition) is 4. The van der Waals surface area contributed by atoms with Gasteiger partial charge in [0.2, 0.25) is 0 Å². The summed E-state index contributed by atoms with van der Waals surface area (Å²) in [6.07, 6.45) is 0.720. The molecule has 1 atom stereocenters. The van der Waals surface area contributed by atoms with Gasteiger partial charge in [-0.25, -0.2) is 13.2 Å². The molecule has 0 saturated carbocycles. The van der Waals surface area contributed by atoms with Crippen molar-refractivity contribution in [1.82, 2.24) is 0 Å². The average molecular weight is 363 g/mol. The second-order valence-corrected chi connectivity index (χ2v) is 7.75. The molecule has 0 amide bonds. The van der Waals surface area contributed by atoms with Crippen molar-refractivity contribution in [2.24, 2.45) is 5.92 Å². The standard InChI is InChI=1S/C13H15BrO5S/c1-8-11(14)4-10(13(15)16)5-12(8)20(17,18)7-9-2-3-19-6-9/h4-5,9H,2-3,6-7H2,1H3,(H,15,16). The summed E-state index contributed by atoms with van der Waals surface area (Å²) in [5, 5.41) is 9.04. The Morgan fingerprint density at radius 1 is 1.50 bits per heavy atom. The zero-order chi connectivity index (χ0) is 14.9. The summed E-state index contributed by atoms with van der Waals surface area (Å²) in [7, 11) is -3.53. The molecule has 1 aliphatic rings. The summed E-state index contributed by atoms with van der Waals surface area (Å²) in [5.74, 6) is -1.18. The van der Waals surface area contributed by atoms with Crippen LogP contribution in [-0.2, 0) is 14.6 Å². The highest BCUT2D eigenvalue weighted by atomic mass is 79.9. The molecule has 0 bridgehead atoms. The third-order valence-electron chi connectivity index (χ3n) is 3.36. The van der Waals surface area contributed by atoms with Crippen LogP contribution in [0.5, 0.6) is 0 Å². The topological polar surface area (TPSA) is 80.7 Å². The van der Waals surface area contributed by atoms with Crippen molar-refractivity contribution < 1.29 is 23.1 Å². The van der Waals surface area contributed by atoms with Crippen molar-refractivity contribution in [1.29, 1.82) is 0 Å². The quantitative estimate of drug-likeness (QED) is 0.888. The zero-order valence-corrected chi connectivity index (χ0v) is 13.3. The predicted molar refractivity (Wildman–Crippen MR) is 76.8 cm³/mol. The van der Waals surface area contributed by atoms with Gasteiger partial charge in [-0.1, -0.05) is 15.9 Å². The van der Waals surface area contributed by atoms with Crippen molar-refractivity contribution in [3.8, 4) is 0 Å². The van der Waals surface area contributed by atoms with E-state index in [-0.39, 0.29) is 22.1 Å². The summed E-state index contributed by atoms with van der Waals surface area (Å²) < 4.78 is 30.6. The van der Waals surface area contributed by atoms with E-state index in [0.717, 1.165) is 6.42 Å². The highest BCUT2D eigenvalue weighted by Crippen LogP contribution is 2.28. The fourth-order valence-electron chi connectivity index (χ4n) is 2.21. The molecule has 0 aliphatic carbocycles. The Kier molecular flexibility index (Phi) is 4.51. The number of carboxylic acid groups (broad SMARTS) is 1. The Morgan fingerprint density at radius 3 is 2.75 bits per heavy atom. The predicted octanol–water partition coefficient (Wildman–Crippen LogP) is 2.27. The van der Waals surface area contributed by atoms with E-state index in [9.17, 15) is 13.2 Å². The monoisotopic (exact) mass is 362 g/mol. The van der Waals surface area contributed by atoms with Gasteiger partial charge in [-0.05, 0) is 37.0 Å². The van der Waals surface area contributed by atoms with Gasteiger partial charge in [0.1, 0.15) is 0 Å². The molecule has 0 aromatic heterocycles. The summed E-state index contributed by atoms with van der Waals surface area (Å²) >= 11 is 3.22. The Hall–Kier alpha value is -0.920. The molecule has 1 aliphatic heterocycles. The van der Waals surface area contributed by atoms with Crippen molar-refractivity contribution in [2.75, 3.05) is 19.0 Å². The number of benzene rings is 1. The van der Waals surface area contributed by atoms with Gasteiger partial charge in [-0.2, -0.15) is 0 Å². The lowest BCUT2D eigenvalue weighted by atomic mass is 10.1. The van der Waals surface area contributed by atoms with E-state index in [0.29, 0.717) is 23.2 Å². The fourth-order valence-corrected chi connectivity index (χ4v) is 4.75. The van der Waals surface area contributed by atoms with Crippen molar-refractivity contribution in [3.05, 3.63) is 27.7 Å². The molecule has 1 saturated heterocycles. The van der Waals surface area contributed by atoms with Gasteiger partial charge in [0, 0.05) is 11.1 Å². The average Bonchev–Trinajstić information content (AvgIpc) is 2.83. The first kappa shape index (κ1) is 15.5. The van der Waals surface area contributed by atoms with Gasteiger partial charge in [0.15, 0.2) is 9.84 Å². The molecule has 2 rings (SSSR count). The normalized spacial score (nSPS) is 19.2. The minimum absolute atomic E-state index is 0.0106. The number of sulfone groups is 1. The largest absolute Gasteiger partial charge is 0.478 e. The molecular formula is C13H15BrO5S. The molecule has 1 aromatic carbocycles. The van der Waals surface area contributed by atoms with Crippen LogP contribution in [0.1, 0.15) is 22.3 Å². The van der Waals surface area contributed by atoms with E-state index in [1.165, 1.54) is 12.1 Å². The number of halogens is 1. The van der Waals surface area contributed by atoms with Gasteiger partial charge in [0.25, 0.3) is 0 Å². The molecule has 5 nitrogen and oxygen atoms in total. The fraction of sp³-hybridized carbons (Fsp3) is 0.462. The van der Waals surface area contributed by atoms with Crippen LogP contribution in [-0.4, -0.2) is 38.5 Å². The molecule has 1 heterocycles. The third kappa shape index (κ3) is 3.21. The van der Waals surface area contributed by atoms with E-state index in [2.05, 4.69) is 15.9 Å². The molecule has 1 unspecified atom stereocenters. The number of carbonyl (C=O) groups is 1. The first-order valence-electron chi connectivity index (χ1n) is 6.15. The maximum absolute atomic E-state index is 12.5.